The Morgan fingerprint density at radius 1 is 1.16 bits per heavy atom. The van der Waals surface area contributed by atoms with Gasteiger partial charge in [-0.3, -0.25) is 9.25 Å². The van der Waals surface area contributed by atoms with Crippen molar-refractivity contribution in [3.63, 3.8) is 0 Å². The van der Waals surface area contributed by atoms with Crippen LogP contribution in [0.3, 0.4) is 0 Å². The lowest BCUT2D eigenvalue weighted by Crippen LogP contribution is -2.04. The molecule has 0 atom stereocenters. The fraction of sp³-hybridized carbons (Fsp3) is 0.250. The largest absolute Gasteiger partial charge is 0.493 e. The monoisotopic (exact) mass is 531 g/mol. The number of aryl methyl sites for hydroxylation is 1. The van der Waals surface area contributed by atoms with Gasteiger partial charge in [0.25, 0.3) is 5.89 Å². The van der Waals surface area contributed by atoms with Crippen LogP contribution in [0.4, 0.5) is 0 Å². The van der Waals surface area contributed by atoms with Crippen LogP contribution in [-0.4, -0.2) is 43.4 Å². The Bertz CT molecular complexity index is 1400. The Kier molecular flexibility index (Phi) is 8.14. The predicted molar refractivity (Wildman–Crippen MR) is 131 cm³/mol. The average molecular weight is 531 g/mol. The molecule has 3 N–H and O–H groups in total. The minimum atomic E-state index is -4.36. The second-order valence-electron chi connectivity index (χ2n) is 7.84. The van der Waals surface area contributed by atoms with E-state index in [2.05, 4.69) is 10.1 Å². The summed E-state index contributed by atoms with van der Waals surface area (Å²) in [6.45, 7) is 2.09. The molecule has 0 unspecified atom stereocenters. The number of hydrogen-bond acceptors (Lipinski definition) is 9. The molecular weight excluding hydrogens is 505 g/mol. The minimum absolute atomic E-state index is 0.0957. The first kappa shape index (κ1) is 26.2. The normalized spacial score (nSPS) is 11.8. The van der Waals surface area contributed by atoms with E-state index in [0.29, 0.717) is 40.2 Å². The number of aliphatic hydroxyl groups is 1. The molecule has 0 amide bonds. The predicted octanol–water partition coefficient (Wildman–Crippen LogP) is 3.75. The van der Waals surface area contributed by atoms with E-state index in [1.807, 2.05) is 0 Å². The molecule has 0 spiro atoms. The van der Waals surface area contributed by atoms with Gasteiger partial charge in [-0.05, 0) is 42.8 Å². The third-order valence-corrected chi connectivity index (χ3v) is 5.66. The van der Waals surface area contributed by atoms with Crippen LogP contribution >= 0.6 is 7.60 Å². The molecule has 196 valence electrons. The lowest BCUT2D eigenvalue weighted by molar-refractivity contribution is 0.259. The molecule has 0 aliphatic heterocycles. The van der Waals surface area contributed by atoms with Crippen LogP contribution in [0.5, 0.6) is 17.4 Å². The quantitative estimate of drug-likeness (QED) is 0.228. The van der Waals surface area contributed by atoms with Crippen molar-refractivity contribution in [3.05, 3.63) is 71.2 Å². The lowest BCUT2D eigenvalue weighted by atomic mass is 10.2. The molecule has 0 aliphatic rings. The highest BCUT2D eigenvalue weighted by molar-refractivity contribution is 7.55. The van der Waals surface area contributed by atoms with Gasteiger partial charge in [-0.2, -0.15) is 0 Å². The lowest BCUT2D eigenvalue weighted by Gasteiger charge is -2.12. The first-order valence-electron chi connectivity index (χ1n) is 11.1. The third kappa shape index (κ3) is 6.89. The van der Waals surface area contributed by atoms with Gasteiger partial charge in [0.05, 0.1) is 32.1 Å². The van der Waals surface area contributed by atoms with Crippen LogP contribution in [0.15, 0.2) is 57.4 Å². The zero-order valence-electron chi connectivity index (χ0n) is 20.1. The van der Waals surface area contributed by atoms with Crippen molar-refractivity contribution >= 4 is 13.7 Å². The number of furan rings is 1. The maximum atomic E-state index is 11.2. The summed E-state index contributed by atoms with van der Waals surface area (Å²) < 4.78 is 40.8. The van der Waals surface area contributed by atoms with Crippen molar-refractivity contribution in [2.45, 2.75) is 26.7 Å². The summed E-state index contributed by atoms with van der Waals surface area (Å²) in [5, 5.41) is 13.4. The number of ether oxygens (including phenoxy) is 3. The number of rotatable bonds is 12. The molecular formula is C24H26N3O9P. The van der Waals surface area contributed by atoms with Gasteiger partial charge in [0, 0.05) is 12.0 Å². The summed E-state index contributed by atoms with van der Waals surface area (Å²) in [4.78, 5) is 22.7. The molecule has 1 aromatic carbocycles. The van der Waals surface area contributed by atoms with E-state index < -0.39 is 7.60 Å². The Balaban J connectivity index is 1.44. The molecule has 4 rings (SSSR count). The number of benzene rings is 1. The van der Waals surface area contributed by atoms with Crippen LogP contribution in [-0.2, 0) is 24.3 Å². The van der Waals surface area contributed by atoms with Crippen molar-refractivity contribution in [2.24, 2.45) is 0 Å². The molecule has 12 nitrogen and oxygen atoms in total. The molecule has 0 radical (unpaired) electrons. The molecule has 0 aliphatic carbocycles. The first-order valence-corrected chi connectivity index (χ1v) is 12.8. The zero-order chi connectivity index (χ0) is 26.4. The van der Waals surface area contributed by atoms with Gasteiger partial charge in [0.15, 0.2) is 17.3 Å². The van der Waals surface area contributed by atoms with E-state index in [4.69, 9.17) is 37.9 Å². The van der Waals surface area contributed by atoms with Crippen LogP contribution in [0.2, 0.25) is 0 Å². The average Bonchev–Trinajstić information content (AvgIpc) is 3.60. The zero-order valence-corrected chi connectivity index (χ0v) is 21.0. The van der Waals surface area contributed by atoms with Crippen molar-refractivity contribution in [3.8, 4) is 29.0 Å². The number of oxazole rings is 1. The smallest absolute Gasteiger partial charge is 0.349 e. The molecule has 3 aromatic heterocycles. The van der Waals surface area contributed by atoms with Crippen molar-refractivity contribution in [2.75, 3.05) is 13.7 Å². The summed E-state index contributed by atoms with van der Waals surface area (Å²) in [5.41, 5.74) is 1.72. The molecule has 0 saturated heterocycles. The summed E-state index contributed by atoms with van der Waals surface area (Å²) in [5.74, 6) is 3.40. The highest BCUT2D eigenvalue weighted by Crippen LogP contribution is 2.38. The fourth-order valence-corrected chi connectivity index (χ4v) is 3.68. The van der Waals surface area contributed by atoms with Gasteiger partial charge in [-0.1, -0.05) is 6.07 Å². The SMILES string of the molecule is COc1cc(COc2nn(CCO)cc2/C=C/P(=O)(O)O)ccc1OCc1nc(-c2ccco2)oc1C. The summed E-state index contributed by atoms with van der Waals surface area (Å²) in [6, 6.07) is 8.78. The van der Waals surface area contributed by atoms with Gasteiger partial charge in [0.2, 0.25) is 5.88 Å². The maximum Gasteiger partial charge on any atom is 0.349 e. The van der Waals surface area contributed by atoms with Crippen LogP contribution in [0, 0.1) is 6.92 Å². The van der Waals surface area contributed by atoms with Crippen LogP contribution in [0.1, 0.15) is 22.6 Å². The van der Waals surface area contributed by atoms with Gasteiger partial charge in [-0.25, -0.2) is 4.98 Å². The van der Waals surface area contributed by atoms with E-state index in [1.54, 1.807) is 43.5 Å². The van der Waals surface area contributed by atoms with Crippen LogP contribution < -0.4 is 14.2 Å². The van der Waals surface area contributed by atoms with Gasteiger partial charge in [0.1, 0.15) is 24.7 Å². The fourth-order valence-electron chi connectivity index (χ4n) is 3.33. The number of aromatic nitrogens is 3. The Labute approximate surface area is 211 Å². The van der Waals surface area contributed by atoms with Crippen molar-refractivity contribution in [1.29, 1.82) is 0 Å². The van der Waals surface area contributed by atoms with E-state index in [9.17, 15) is 4.57 Å². The molecule has 4 aromatic rings. The molecule has 0 fully saturated rings. The van der Waals surface area contributed by atoms with E-state index >= 15 is 0 Å². The summed E-state index contributed by atoms with van der Waals surface area (Å²) in [6.07, 6.45) is 4.30. The molecule has 13 heteroatoms. The van der Waals surface area contributed by atoms with E-state index in [1.165, 1.54) is 24.1 Å². The molecule has 3 heterocycles. The number of methoxy groups -OCH3 is 1. The van der Waals surface area contributed by atoms with Gasteiger partial charge < -0.3 is 37.9 Å². The standard InChI is InChI=1S/C24H26N3O9P/c1-16-19(25-24(36-16)21-4-3-10-33-21)15-34-20-6-5-17(12-22(20)32-2)14-35-23-18(7-11-37(29,30)31)13-27(26-23)8-9-28/h3-7,10-13,28H,8-9,14-15H2,1-2H3,(H2,29,30,31)/b11-7+. The highest BCUT2D eigenvalue weighted by atomic mass is 31.2. The topological polar surface area (TPSA) is 162 Å². The summed E-state index contributed by atoms with van der Waals surface area (Å²) >= 11 is 0. The second-order valence-corrected chi connectivity index (χ2v) is 9.32. The van der Waals surface area contributed by atoms with Crippen LogP contribution in [0.25, 0.3) is 17.7 Å². The molecule has 0 bridgehead atoms. The minimum Gasteiger partial charge on any atom is -0.493 e. The van der Waals surface area contributed by atoms with Crippen molar-refractivity contribution < 1.29 is 42.5 Å². The number of aliphatic hydroxyl groups excluding tert-OH is 1. The maximum absolute atomic E-state index is 11.2. The summed E-state index contributed by atoms with van der Waals surface area (Å²) in [7, 11) is -2.84. The van der Waals surface area contributed by atoms with E-state index in [0.717, 1.165) is 11.4 Å². The van der Waals surface area contributed by atoms with Gasteiger partial charge >= 0.3 is 7.60 Å². The second kappa shape index (κ2) is 11.5. The highest BCUT2D eigenvalue weighted by Gasteiger charge is 2.16. The van der Waals surface area contributed by atoms with Gasteiger partial charge in [-0.15, -0.1) is 5.10 Å². The number of hydrogen-bond donors (Lipinski definition) is 3. The number of nitrogens with zero attached hydrogens (tertiary/aromatic N) is 3. The Morgan fingerprint density at radius 2 is 2.00 bits per heavy atom. The van der Waals surface area contributed by atoms with Crippen molar-refractivity contribution in [1.82, 2.24) is 14.8 Å². The van der Waals surface area contributed by atoms with E-state index in [-0.39, 0.29) is 32.2 Å². The molecule has 37 heavy (non-hydrogen) atoms. The third-order valence-electron chi connectivity index (χ3n) is 5.12. The molecule has 0 saturated carbocycles. The Morgan fingerprint density at radius 3 is 2.70 bits per heavy atom. The first-order chi connectivity index (χ1) is 17.8. The Hall–Kier alpha value is -3.83.